The van der Waals surface area contributed by atoms with E-state index in [0.717, 1.165) is 5.56 Å². The quantitative estimate of drug-likeness (QED) is 0.851. The van der Waals surface area contributed by atoms with E-state index in [1.807, 2.05) is 6.92 Å². The molecular formula is C14H19NO4. The number of nitrogens with zero attached hydrogens (tertiary/aromatic N) is 1. The fourth-order valence-electron chi connectivity index (χ4n) is 1.74. The predicted molar refractivity (Wildman–Crippen MR) is 71.0 cm³/mol. The zero-order valence-electron chi connectivity index (χ0n) is 11.4. The van der Waals surface area contributed by atoms with Gasteiger partial charge in [0.25, 0.3) is 5.91 Å². The van der Waals surface area contributed by atoms with E-state index >= 15 is 0 Å². The Labute approximate surface area is 112 Å². The molecule has 0 aliphatic rings. The average Bonchev–Trinajstić information content (AvgIpc) is 2.38. The SMILES string of the molecule is CCOC(C)C(=O)N(C)Cc1ccc(C(=O)O)cc1. The third-order valence-corrected chi connectivity index (χ3v) is 2.76. The molecular weight excluding hydrogens is 246 g/mol. The predicted octanol–water partition coefficient (Wildman–Crippen LogP) is 1.77. The summed E-state index contributed by atoms with van der Waals surface area (Å²) in [6.07, 6.45) is -0.465. The van der Waals surface area contributed by atoms with Crippen molar-refractivity contribution in [1.82, 2.24) is 4.90 Å². The standard InChI is InChI=1S/C14H19NO4/c1-4-19-10(2)13(16)15(3)9-11-5-7-12(8-6-11)14(17)18/h5-8,10H,4,9H2,1-3H3,(H,17,18). The molecule has 1 unspecified atom stereocenters. The van der Waals surface area contributed by atoms with Gasteiger partial charge in [-0.2, -0.15) is 0 Å². The first-order valence-corrected chi connectivity index (χ1v) is 6.14. The molecule has 0 radical (unpaired) electrons. The lowest BCUT2D eigenvalue weighted by Crippen LogP contribution is -2.35. The maximum Gasteiger partial charge on any atom is 0.335 e. The van der Waals surface area contributed by atoms with Crippen LogP contribution in [-0.4, -0.2) is 41.6 Å². The number of hydrogen-bond acceptors (Lipinski definition) is 3. The van der Waals surface area contributed by atoms with Crippen LogP contribution in [0.15, 0.2) is 24.3 Å². The third-order valence-electron chi connectivity index (χ3n) is 2.76. The number of hydrogen-bond donors (Lipinski definition) is 1. The molecule has 0 bridgehead atoms. The zero-order chi connectivity index (χ0) is 14.4. The summed E-state index contributed by atoms with van der Waals surface area (Å²) in [5, 5.41) is 8.80. The van der Waals surface area contributed by atoms with E-state index < -0.39 is 12.1 Å². The van der Waals surface area contributed by atoms with Crippen molar-refractivity contribution in [3.8, 4) is 0 Å². The molecule has 1 aromatic rings. The topological polar surface area (TPSA) is 66.8 Å². The van der Waals surface area contributed by atoms with Gasteiger partial charge in [-0.25, -0.2) is 4.79 Å². The van der Waals surface area contributed by atoms with Gasteiger partial charge in [-0.15, -0.1) is 0 Å². The molecule has 104 valence electrons. The first-order chi connectivity index (χ1) is 8.95. The minimum Gasteiger partial charge on any atom is -0.478 e. The van der Waals surface area contributed by atoms with Gasteiger partial charge in [-0.05, 0) is 31.5 Å². The molecule has 19 heavy (non-hydrogen) atoms. The lowest BCUT2D eigenvalue weighted by atomic mass is 10.1. The van der Waals surface area contributed by atoms with E-state index in [1.54, 1.807) is 31.0 Å². The molecule has 0 fully saturated rings. The van der Waals surface area contributed by atoms with Crippen molar-refractivity contribution in [3.63, 3.8) is 0 Å². The van der Waals surface area contributed by atoms with Crippen molar-refractivity contribution < 1.29 is 19.4 Å². The van der Waals surface area contributed by atoms with Crippen LogP contribution < -0.4 is 0 Å². The molecule has 1 aromatic carbocycles. The largest absolute Gasteiger partial charge is 0.478 e. The molecule has 1 amide bonds. The molecule has 1 atom stereocenters. The number of aromatic carboxylic acids is 1. The molecule has 0 aliphatic heterocycles. The third kappa shape index (κ3) is 4.37. The molecule has 0 saturated carbocycles. The number of carbonyl (C=O) groups is 2. The highest BCUT2D eigenvalue weighted by atomic mass is 16.5. The lowest BCUT2D eigenvalue weighted by Gasteiger charge is -2.21. The Balaban J connectivity index is 2.63. The smallest absolute Gasteiger partial charge is 0.335 e. The fraction of sp³-hybridized carbons (Fsp3) is 0.429. The van der Waals surface area contributed by atoms with Crippen molar-refractivity contribution in [3.05, 3.63) is 35.4 Å². The Kier molecular flexibility index (Phi) is 5.51. The van der Waals surface area contributed by atoms with E-state index in [4.69, 9.17) is 9.84 Å². The van der Waals surface area contributed by atoms with E-state index in [1.165, 1.54) is 12.1 Å². The van der Waals surface area contributed by atoms with Crippen molar-refractivity contribution in [2.24, 2.45) is 0 Å². The number of ether oxygens (including phenoxy) is 1. The molecule has 1 N–H and O–H groups in total. The van der Waals surface area contributed by atoms with Gasteiger partial charge in [0.1, 0.15) is 6.10 Å². The van der Waals surface area contributed by atoms with Gasteiger partial charge < -0.3 is 14.7 Å². The molecule has 0 aliphatic carbocycles. The maximum atomic E-state index is 11.9. The zero-order valence-corrected chi connectivity index (χ0v) is 11.4. The highest BCUT2D eigenvalue weighted by molar-refractivity contribution is 5.87. The highest BCUT2D eigenvalue weighted by Crippen LogP contribution is 2.08. The highest BCUT2D eigenvalue weighted by Gasteiger charge is 2.17. The van der Waals surface area contributed by atoms with Crippen LogP contribution >= 0.6 is 0 Å². The number of rotatable bonds is 6. The first-order valence-electron chi connectivity index (χ1n) is 6.14. The number of amides is 1. The number of likely N-dealkylation sites (N-methyl/N-ethyl adjacent to an activating group) is 1. The van der Waals surface area contributed by atoms with Crippen molar-refractivity contribution in [1.29, 1.82) is 0 Å². The number of carboxylic acid groups (broad SMARTS) is 1. The van der Waals surface area contributed by atoms with Crippen LogP contribution in [-0.2, 0) is 16.1 Å². The van der Waals surface area contributed by atoms with Crippen LogP contribution in [0.1, 0.15) is 29.8 Å². The first kappa shape index (κ1) is 15.2. The molecule has 5 heteroatoms. The fourth-order valence-corrected chi connectivity index (χ4v) is 1.74. The van der Waals surface area contributed by atoms with Crippen LogP contribution in [0.3, 0.4) is 0 Å². The number of benzene rings is 1. The summed E-state index contributed by atoms with van der Waals surface area (Å²) in [6, 6.07) is 6.47. The van der Waals surface area contributed by atoms with Crippen LogP contribution in [0.5, 0.6) is 0 Å². The number of carboxylic acids is 1. The van der Waals surface area contributed by atoms with Gasteiger partial charge in [0.05, 0.1) is 5.56 Å². The summed E-state index contributed by atoms with van der Waals surface area (Å²) in [5.41, 5.74) is 1.12. The maximum absolute atomic E-state index is 11.9. The second kappa shape index (κ2) is 6.89. The van der Waals surface area contributed by atoms with Crippen molar-refractivity contribution in [2.75, 3.05) is 13.7 Å². The minimum atomic E-state index is -0.957. The molecule has 0 saturated heterocycles. The van der Waals surface area contributed by atoms with Crippen LogP contribution in [0.25, 0.3) is 0 Å². The Bertz CT molecular complexity index is 441. The second-order valence-corrected chi connectivity index (χ2v) is 4.29. The van der Waals surface area contributed by atoms with E-state index in [0.29, 0.717) is 13.2 Å². The summed E-state index contributed by atoms with van der Waals surface area (Å²) >= 11 is 0. The second-order valence-electron chi connectivity index (χ2n) is 4.29. The van der Waals surface area contributed by atoms with E-state index in [2.05, 4.69) is 0 Å². The van der Waals surface area contributed by atoms with Gasteiger partial charge >= 0.3 is 5.97 Å². The molecule has 0 aromatic heterocycles. The van der Waals surface area contributed by atoms with Crippen LogP contribution in [0.2, 0.25) is 0 Å². The lowest BCUT2D eigenvalue weighted by molar-refractivity contribution is -0.141. The number of carbonyl (C=O) groups excluding carboxylic acids is 1. The van der Waals surface area contributed by atoms with Crippen LogP contribution in [0, 0.1) is 0 Å². The van der Waals surface area contributed by atoms with Gasteiger partial charge in [-0.1, -0.05) is 12.1 Å². The monoisotopic (exact) mass is 265 g/mol. The Hall–Kier alpha value is -1.88. The molecule has 1 rings (SSSR count). The van der Waals surface area contributed by atoms with Crippen LogP contribution in [0.4, 0.5) is 0 Å². The van der Waals surface area contributed by atoms with Gasteiger partial charge in [0.2, 0.25) is 0 Å². The van der Waals surface area contributed by atoms with Crippen molar-refractivity contribution in [2.45, 2.75) is 26.5 Å². The van der Waals surface area contributed by atoms with Gasteiger partial charge in [0.15, 0.2) is 0 Å². The van der Waals surface area contributed by atoms with Gasteiger partial charge in [-0.3, -0.25) is 4.79 Å². The summed E-state index contributed by atoms with van der Waals surface area (Å²) in [5.74, 6) is -1.05. The normalized spacial score (nSPS) is 11.9. The molecule has 0 heterocycles. The Morgan fingerprint density at radius 3 is 2.37 bits per heavy atom. The summed E-state index contributed by atoms with van der Waals surface area (Å²) < 4.78 is 5.24. The minimum absolute atomic E-state index is 0.0934. The summed E-state index contributed by atoms with van der Waals surface area (Å²) in [6.45, 7) is 4.48. The van der Waals surface area contributed by atoms with Gasteiger partial charge in [0, 0.05) is 20.2 Å². The van der Waals surface area contributed by atoms with Crippen molar-refractivity contribution >= 4 is 11.9 Å². The summed E-state index contributed by atoms with van der Waals surface area (Å²) in [4.78, 5) is 24.2. The summed E-state index contributed by atoms with van der Waals surface area (Å²) in [7, 11) is 1.70. The molecule has 0 spiro atoms. The van der Waals surface area contributed by atoms with E-state index in [9.17, 15) is 9.59 Å². The Morgan fingerprint density at radius 2 is 1.89 bits per heavy atom. The Morgan fingerprint density at radius 1 is 1.32 bits per heavy atom. The molecule has 5 nitrogen and oxygen atoms in total. The van der Waals surface area contributed by atoms with E-state index in [-0.39, 0.29) is 11.5 Å². The average molecular weight is 265 g/mol.